The molecule has 2 fully saturated rings. The van der Waals surface area contributed by atoms with E-state index in [4.69, 9.17) is 14.6 Å². The van der Waals surface area contributed by atoms with Crippen molar-refractivity contribution < 1.29 is 32.6 Å². The number of carboxylic acid groups (broad SMARTS) is 1. The van der Waals surface area contributed by atoms with E-state index in [1.54, 1.807) is 19.5 Å². The summed E-state index contributed by atoms with van der Waals surface area (Å²) in [5.41, 5.74) is 0.649. The van der Waals surface area contributed by atoms with E-state index in [1.165, 1.54) is 6.33 Å². The molecule has 1 spiro atoms. The molecular weight excluding hydrogens is 431 g/mol. The summed E-state index contributed by atoms with van der Waals surface area (Å²) in [5.74, 6) is -1.10. The normalized spacial score (nSPS) is 17.7. The number of carboxylic acids is 1. The maximum absolute atomic E-state index is 13.1. The predicted octanol–water partition coefficient (Wildman–Crippen LogP) is 2.54. The van der Waals surface area contributed by atoms with E-state index >= 15 is 0 Å². The Morgan fingerprint density at radius 2 is 1.84 bits per heavy atom. The van der Waals surface area contributed by atoms with Crippen LogP contribution in [-0.4, -0.2) is 64.9 Å². The minimum Gasteiger partial charge on any atom is -0.481 e. The number of carbonyl (C=O) groups excluding carboxylic acids is 1. The summed E-state index contributed by atoms with van der Waals surface area (Å²) >= 11 is 0. The molecule has 1 amide bonds. The number of aliphatic carboxylic acids is 1. The number of hydrogen-bond acceptors (Lipinski definition) is 7. The lowest BCUT2D eigenvalue weighted by Gasteiger charge is -2.38. The van der Waals surface area contributed by atoms with E-state index in [0.29, 0.717) is 5.88 Å². The molecule has 0 radical (unpaired) electrons. The van der Waals surface area contributed by atoms with Crippen LogP contribution in [0.5, 0.6) is 5.88 Å². The fourth-order valence-corrected chi connectivity index (χ4v) is 3.82. The van der Waals surface area contributed by atoms with Gasteiger partial charge in [0, 0.05) is 31.9 Å². The minimum absolute atomic E-state index is 0.236. The topological polar surface area (TPSA) is 109 Å². The summed E-state index contributed by atoms with van der Waals surface area (Å²) in [6, 6.07) is 5.67. The van der Waals surface area contributed by atoms with E-state index in [0.717, 1.165) is 50.4 Å². The summed E-state index contributed by atoms with van der Waals surface area (Å²) in [6.45, 7) is 2.39. The van der Waals surface area contributed by atoms with Gasteiger partial charge in [-0.05, 0) is 31.4 Å². The number of carbonyl (C=O) groups is 2. The van der Waals surface area contributed by atoms with Crippen LogP contribution in [0.3, 0.4) is 0 Å². The molecule has 4 rings (SSSR count). The second kappa shape index (κ2) is 9.37. The Balaban J connectivity index is 0.000000360. The zero-order valence-corrected chi connectivity index (χ0v) is 17.2. The molecule has 172 valence electrons. The quantitative estimate of drug-likeness (QED) is 0.755. The molecule has 2 aromatic rings. The summed E-state index contributed by atoms with van der Waals surface area (Å²) < 4.78 is 36.9. The van der Waals surface area contributed by atoms with Gasteiger partial charge in [-0.1, -0.05) is 0 Å². The highest BCUT2D eigenvalue weighted by atomic mass is 19.4. The lowest BCUT2D eigenvalue weighted by atomic mass is 9.77. The summed E-state index contributed by atoms with van der Waals surface area (Å²) in [7, 11) is 1.60. The van der Waals surface area contributed by atoms with Crippen molar-refractivity contribution in [1.29, 1.82) is 0 Å². The molecule has 2 aromatic heterocycles. The molecule has 0 aromatic carbocycles. The highest BCUT2D eigenvalue weighted by Gasteiger charge is 2.48. The van der Waals surface area contributed by atoms with Crippen LogP contribution in [0.15, 0.2) is 36.9 Å². The summed E-state index contributed by atoms with van der Waals surface area (Å²) in [4.78, 5) is 38.6. The van der Waals surface area contributed by atoms with Gasteiger partial charge in [-0.2, -0.15) is 13.2 Å². The Labute approximate surface area is 181 Å². The van der Waals surface area contributed by atoms with Crippen molar-refractivity contribution in [1.82, 2.24) is 15.0 Å². The maximum atomic E-state index is 13.1. The van der Waals surface area contributed by atoms with Gasteiger partial charge < -0.3 is 19.6 Å². The van der Waals surface area contributed by atoms with Crippen molar-refractivity contribution in [3.8, 4) is 5.88 Å². The Kier molecular flexibility index (Phi) is 6.80. The standard InChI is InChI=1S/C18H21N5O2.C2HF3O2/c1-25-16-11-15(20-13-21-16)22-8-4-18(5-9-22)6-10-23(17(18)24)14-3-2-7-19-12-14;3-2(4,5)1(6)7/h2-3,7,11-13H,4-6,8-10H2,1H3;(H,6,7). The molecule has 0 saturated carbocycles. The lowest BCUT2D eigenvalue weighted by Crippen LogP contribution is -2.45. The molecular formula is C20H22F3N5O4. The van der Waals surface area contributed by atoms with Crippen LogP contribution in [0.2, 0.25) is 0 Å². The zero-order valence-electron chi connectivity index (χ0n) is 17.2. The third kappa shape index (κ3) is 5.06. The number of halogens is 3. The van der Waals surface area contributed by atoms with Crippen LogP contribution in [-0.2, 0) is 9.59 Å². The number of amides is 1. The van der Waals surface area contributed by atoms with Crippen LogP contribution in [0, 0.1) is 5.41 Å². The summed E-state index contributed by atoms with van der Waals surface area (Å²) in [5, 5.41) is 7.12. The van der Waals surface area contributed by atoms with Crippen molar-refractivity contribution in [3.63, 3.8) is 0 Å². The second-order valence-electron chi connectivity index (χ2n) is 7.41. The number of piperidine rings is 1. The van der Waals surface area contributed by atoms with Crippen molar-refractivity contribution >= 4 is 23.4 Å². The van der Waals surface area contributed by atoms with Gasteiger partial charge in [0.25, 0.3) is 0 Å². The highest BCUT2D eigenvalue weighted by molar-refractivity contribution is 5.99. The van der Waals surface area contributed by atoms with Crippen LogP contribution >= 0.6 is 0 Å². The molecule has 0 unspecified atom stereocenters. The smallest absolute Gasteiger partial charge is 0.481 e. The molecule has 4 heterocycles. The van der Waals surface area contributed by atoms with Crippen LogP contribution in [0.25, 0.3) is 0 Å². The first kappa shape index (κ1) is 23.2. The highest BCUT2D eigenvalue weighted by Crippen LogP contribution is 2.43. The fourth-order valence-electron chi connectivity index (χ4n) is 3.82. The van der Waals surface area contributed by atoms with Crippen LogP contribution in [0.4, 0.5) is 24.7 Å². The molecule has 0 atom stereocenters. The Hall–Kier alpha value is -3.44. The van der Waals surface area contributed by atoms with E-state index in [-0.39, 0.29) is 11.3 Å². The Morgan fingerprint density at radius 3 is 2.41 bits per heavy atom. The number of nitrogens with zero attached hydrogens (tertiary/aromatic N) is 5. The molecule has 32 heavy (non-hydrogen) atoms. The van der Waals surface area contributed by atoms with Gasteiger partial charge in [0.15, 0.2) is 0 Å². The molecule has 2 aliphatic rings. The zero-order chi connectivity index (χ0) is 23.4. The average Bonchev–Trinajstić information content (AvgIpc) is 3.10. The van der Waals surface area contributed by atoms with Gasteiger partial charge in [-0.3, -0.25) is 9.78 Å². The Bertz CT molecular complexity index is 950. The first-order valence-corrected chi connectivity index (χ1v) is 9.79. The first-order valence-electron chi connectivity index (χ1n) is 9.79. The van der Waals surface area contributed by atoms with E-state index in [2.05, 4.69) is 19.9 Å². The van der Waals surface area contributed by atoms with Crippen molar-refractivity contribution in [3.05, 3.63) is 36.9 Å². The van der Waals surface area contributed by atoms with E-state index in [1.807, 2.05) is 23.1 Å². The average molecular weight is 453 g/mol. The largest absolute Gasteiger partial charge is 0.490 e. The number of hydrogen-bond donors (Lipinski definition) is 1. The van der Waals surface area contributed by atoms with Gasteiger partial charge in [0.1, 0.15) is 12.1 Å². The van der Waals surface area contributed by atoms with Gasteiger partial charge in [-0.15, -0.1) is 0 Å². The van der Waals surface area contributed by atoms with Gasteiger partial charge >= 0.3 is 12.1 Å². The fraction of sp³-hybridized carbons (Fsp3) is 0.450. The van der Waals surface area contributed by atoms with E-state index in [9.17, 15) is 18.0 Å². The van der Waals surface area contributed by atoms with Crippen molar-refractivity contribution in [2.45, 2.75) is 25.4 Å². The number of aromatic nitrogens is 3. The molecule has 2 aliphatic heterocycles. The van der Waals surface area contributed by atoms with Crippen molar-refractivity contribution in [2.75, 3.05) is 36.5 Å². The molecule has 1 N–H and O–H groups in total. The van der Waals surface area contributed by atoms with Crippen LogP contribution < -0.4 is 14.5 Å². The predicted molar refractivity (Wildman–Crippen MR) is 107 cm³/mol. The number of ether oxygens (including phenoxy) is 1. The van der Waals surface area contributed by atoms with Gasteiger partial charge in [-0.25, -0.2) is 14.8 Å². The second-order valence-corrected chi connectivity index (χ2v) is 7.41. The third-order valence-electron chi connectivity index (χ3n) is 5.59. The molecule has 0 bridgehead atoms. The maximum Gasteiger partial charge on any atom is 0.490 e. The third-order valence-corrected chi connectivity index (χ3v) is 5.59. The SMILES string of the molecule is COc1cc(N2CCC3(CC2)CCN(c2cccnc2)C3=O)ncn1.O=C(O)C(F)(F)F. The minimum atomic E-state index is -5.08. The number of methoxy groups -OCH3 is 1. The van der Waals surface area contributed by atoms with Gasteiger partial charge in [0.2, 0.25) is 11.8 Å². The first-order chi connectivity index (χ1) is 15.2. The Morgan fingerprint density at radius 1 is 1.19 bits per heavy atom. The van der Waals surface area contributed by atoms with Crippen LogP contribution in [0.1, 0.15) is 19.3 Å². The summed E-state index contributed by atoms with van der Waals surface area (Å²) in [6.07, 6.45) is 2.52. The van der Waals surface area contributed by atoms with Crippen molar-refractivity contribution in [2.24, 2.45) is 5.41 Å². The molecule has 9 nitrogen and oxygen atoms in total. The van der Waals surface area contributed by atoms with Gasteiger partial charge in [0.05, 0.1) is 24.4 Å². The number of rotatable bonds is 3. The number of pyridine rings is 1. The monoisotopic (exact) mass is 453 g/mol. The lowest BCUT2D eigenvalue weighted by molar-refractivity contribution is -0.192. The molecule has 2 saturated heterocycles. The molecule has 12 heteroatoms. The number of alkyl halides is 3. The molecule has 0 aliphatic carbocycles. The number of anilines is 2. The van der Waals surface area contributed by atoms with E-state index < -0.39 is 12.1 Å².